The lowest BCUT2D eigenvalue weighted by atomic mass is 10.4. The highest BCUT2D eigenvalue weighted by molar-refractivity contribution is 7.89. The quantitative estimate of drug-likeness (QED) is 0.823. The van der Waals surface area contributed by atoms with Gasteiger partial charge in [0.15, 0.2) is 5.03 Å². The molecule has 0 amide bonds. The summed E-state index contributed by atoms with van der Waals surface area (Å²) in [5.74, 6) is 0. The van der Waals surface area contributed by atoms with Crippen LogP contribution < -0.4 is 0 Å². The Labute approximate surface area is 151 Å². The Morgan fingerprint density at radius 1 is 1.00 bits per heavy atom. The zero-order valence-electron chi connectivity index (χ0n) is 13.2. The van der Waals surface area contributed by atoms with Gasteiger partial charge in [-0.05, 0) is 24.6 Å². The fourth-order valence-corrected chi connectivity index (χ4v) is 5.79. The number of imidazole rings is 1. The standard InChI is InChI=1S/C14H17ClN4O4S2/c15-12-3-1-4-13(9-12)24(20,21)18-5-2-6-19(8-7-18)25(22,23)14-10-16-11-17-14/h1,3-4,9-11H,2,5-8H2,(H,16,17). The van der Waals surface area contributed by atoms with Crippen LogP contribution in [-0.4, -0.2) is 61.6 Å². The highest BCUT2D eigenvalue weighted by atomic mass is 35.5. The monoisotopic (exact) mass is 404 g/mol. The van der Waals surface area contributed by atoms with Crippen molar-refractivity contribution in [3.63, 3.8) is 0 Å². The van der Waals surface area contributed by atoms with Gasteiger partial charge in [-0.15, -0.1) is 0 Å². The molecule has 8 nitrogen and oxygen atoms in total. The Morgan fingerprint density at radius 3 is 2.28 bits per heavy atom. The second-order valence-corrected chi connectivity index (χ2v) is 9.82. The zero-order valence-corrected chi connectivity index (χ0v) is 15.6. The molecule has 0 aliphatic carbocycles. The molecule has 0 spiro atoms. The Kier molecular flexibility index (Phi) is 5.16. The van der Waals surface area contributed by atoms with Crippen molar-refractivity contribution in [2.75, 3.05) is 26.2 Å². The molecule has 0 atom stereocenters. The van der Waals surface area contributed by atoms with Gasteiger partial charge in [0.25, 0.3) is 10.0 Å². The van der Waals surface area contributed by atoms with Gasteiger partial charge < -0.3 is 4.98 Å². The molecule has 1 aliphatic rings. The summed E-state index contributed by atoms with van der Waals surface area (Å²) in [6, 6.07) is 6.04. The van der Waals surface area contributed by atoms with Gasteiger partial charge in [-0.3, -0.25) is 0 Å². The van der Waals surface area contributed by atoms with Gasteiger partial charge in [-0.1, -0.05) is 17.7 Å². The Morgan fingerprint density at radius 2 is 1.68 bits per heavy atom. The van der Waals surface area contributed by atoms with E-state index in [0.717, 1.165) is 0 Å². The van der Waals surface area contributed by atoms with E-state index < -0.39 is 20.0 Å². The fourth-order valence-electron chi connectivity index (χ4n) is 2.65. The van der Waals surface area contributed by atoms with E-state index >= 15 is 0 Å². The molecule has 2 aromatic rings. The zero-order chi connectivity index (χ0) is 18.1. The summed E-state index contributed by atoms with van der Waals surface area (Å²) in [7, 11) is -7.43. The van der Waals surface area contributed by atoms with Crippen LogP contribution in [0, 0.1) is 0 Å². The molecule has 1 aromatic heterocycles. The number of rotatable bonds is 4. The van der Waals surface area contributed by atoms with Gasteiger partial charge in [0.05, 0.1) is 17.4 Å². The number of aromatic amines is 1. The van der Waals surface area contributed by atoms with Crippen molar-refractivity contribution in [1.82, 2.24) is 18.6 Å². The van der Waals surface area contributed by atoms with E-state index in [-0.39, 0.29) is 36.1 Å². The predicted molar refractivity (Wildman–Crippen MR) is 92.2 cm³/mol. The third kappa shape index (κ3) is 3.72. The van der Waals surface area contributed by atoms with Crippen molar-refractivity contribution in [2.24, 2.45) is 0 Å². The fraction of sp³-hybridized carbons (Fsp3) is 0.357. The maximum Gasteiger partial charge on any atom is 0.260 e. The van der Waals surface area contributed by atoms with Gasteiger partial charge in [-0.2, -0.15) is 8.61 Å². The molecule has 0 unspecified atom stereocenters. The van der Waals surface area contributed by atoms with Gasteiger partial charge >= 0.3 is 0 Å². The number of nitrogens with one attached hydrogen (secondary N) is 1. The summed E-state index contributed by atoms with van der Waals surface area (Å²) >= 11 is 5.88. The van der Waals surface area contributed by atoms with Gasteiger partial charge in [0.1, 0.15) is 0 Å². The smallest absolute Gasteiger partial charge is 0.260 e. The summed E-state index contributed by atoms with van der Waals surface area (Å²) < 4.78 is 53.2. The largest absolute Gasteiger partial charge is 0.335 e. The predicted octanol–water partition coefficient (Wildman–Crippen LogP) is 1.15. The minimum Gasteiger partial charge on any atom is -0.335 e. The topological polar surface area (TPSA) is 103 Å². The minimum absolute atomic E-state index is 0.00125. The maximum absolute atomic E-state index is 12.8. The average molecular weight is 405 g/mol. The van der Waals surface area contributed by atoms with Crippen molar-refractivity contribution >= 4 is 31.6 Å². The minimum atomic E-state index is -3.72. The normalized spacial score (nSPS) is 18.1. The average Bonchev–Trinajstić information content (AvgIpc) is 2.99. The van der Waals surface area contributed by atoms with E-state index in [1.165, 1.54) is 33.3 Å². The van der Waals surface area contributed by atoms with Crippen molar-refractivity contribution in [3.05, 3.63) is 41.8 Å². The van der Waals surface area contributed by atoms with Crippen molar-refractivity contribution < 1.29 is 16.8 Å². The van der Waals surface area contributed by atoms with Crippen LogP contribution in [0.25, 0.3) is 0 Å². The van der Waals surface area contributed by atoms with E-state index in [1.807, 2.05) is 0 Å². The van der Waals surface area contributed by atoms with E-state index in [4.69, 9.17) is 11.6 Å². The molecule has 3 rings (SSSR count). The van der Waals surface area contributed by atoms with Crippen molar-refractivity contribution in [3.8, 4) is 0 Å². The molecule has 2 heterocycles. The number of sulfonamides is 2. The first-order valence-corrected chi connectivity index (χ1v) is 10.8. The van der Waals surface area contributed by atoms with Crippen molar-refractivity contribution in [1.29, 1.82) is 0 Å². The molecule has 0 bridgehead atoms. The first-order valence-electron chi connectivity index (χ1n) is 7.56. The number of aromatic nitrogens is 2. The number of benzene rings is 1. The third-order valence-corrected chi connectivity index (χ3v) is 7.89. The lowest BCUT2D eigenvalue weighted by Gasteiger charge is -2.21. The summed E-state index contributed by atoms with van der Waals surface area (Å²) in [5, 5.41) is 0.331. The van der Waals surface area contributed by atoms with Crippen LogP contribution >= 0.6 is 11.6 Å². The maximum atomic E-state index is 12.8. The molecular formula is C14H17ClN4O4S2. The van der Waals surface area contributed by atoms with Crippen LogP contribution in [0.2, 0.25) is 5.02 Å². The first-order chi connectivity index (χ1) is 11.8. The van der Waals surface area contributed by atoms with Crippen LogP contribution in [0.5, 0.6) is 0 Å². The molecule has 1 fully saturated rings. The third-order valence-electron chi connectivity index (χ3n) is 3.94. The number of hydrogen-bond acceptors (Lipinski definition) is 5. The van der Waals surface area contributed by atoms with Gasteiger partial charge in [-0.25, -0.2) is 21.8 Å². The summed E-state index contributed by atoms with van der Waals surface area (Å²) in [4.78, 5) is 6.41. The highest BCUT2D eigenvalue weighted by Gasteiger charge is 2.32. The number of H-pyrrole nitrogens is 1. The van der Waals surface area contributed by atoms with Gasteiger partial charge in [0, 0.05) is 31.2 Å². The Bertz CT molecular complexity index is 945. The van der Waals surface area contributed by atoms with E-state index in [0.29, 0.717) is 11.4 Å². The van der Waals surface area contributed by atoms with Crippen LogP contribution in [0.1, 0.15) is 6.42 Å². The molecule has 1 N–H and O–H groups in total. The van der Waals surface area contributed by atoms with Crippen LogP contribution in [-0.2, 0) is 20.0 Å². The summed E-state index contributed by atoms with van der Waals surface area (Å²) in [6.07, 6.45) is 2.93. The van der Waals surface area contributed by atoms with Crippen LogP contribution in [0.15, 0.2) is 46.7 Å². The van der Waals surface area contributed by atoms with E-state index in [9.17, 15) is 16.8 Å². The molecule has 11 heteroatoms. The second-order valence-electron chi connectivity index (χ2n) is 5.53. The summed E-state index contributed by atoms with van der Waals surface area (Å²) in [6.45, 7) is 0.621. The summed E-state index contributed by atoms with van der Waals surface area (Å²) in [5.41, 5.74) is 0. The Hall–Kier alpha value is -1.46. The highest BCUT2D eigenvalue weighted by Crippen LogP contribution is 2.22. The molecule has 0 saturated carbocycles. The van der Waals surface area contributed by atoms with Gasteiger partial charge in [0.2, 0.25) is 10.0 Å². The van der Waals surface area contributed by atoms with Crippen molar-refractivity contribution in [2.45, 2.75) is 16.3 Å². The SMILES string of the molecule is O=S(=O)(c1cccc(Cl)c1)N1CCCN(S(=O)(=O)c2cnc[nH]2)CC1. The van der Waals surface area contributed by atoms with Crippen LogP contribution in [0.3, 0.4) is 0 Å². The number of nitrogens with zero attached hydrogens (tertiary/aromatic N) is 3. The number of halogens is 1. The second kappa shape index (κ2) is 7.04. The molecule has 136 valence electrons. The molecule has 25 heavy (non-hydrogen) atoms. The molecule has 1 saturated heterocycles. The van der Waals surface area contributed by atoms with E-state index in [1.54, 1.807) is 12.1 Å². The molecule has 0 radical (unpaired) electrons. The molecular weight excluding hydrogens is 388 g/mol. The molecule has 1 aromatic carbocycles. The molecule has 1 aliphatic heterocycles. The lowest BCUT2D eigenvalue weighted by molar-refractivity contribution is 0.403. The number of hydrogen-bond donors (Lipinski definition) is 1. The van der Waals surface area contributed by atoms with Crippen LogP contribution in [0.4, 0.5) is 0 Å². The first kappa shape index (κ1) is 18.3. The Balaban J connectivity index is 1.80. The van der Waals surface area contributed by atoms with E-state index in [2.05, 4.69) is 9.97 Å². The lowest BCUT2D eigenvalue weighted by Crippen LogP contribution is -2.37.